The molecule has 2 heterocycles. The van der Waals surface area contributed by atoms with Gasteiger partial charge in [0.2, 0.25) is 17.8 Å². The highest BCUT2D eigenvalue weighted by Crippen LogP contribution is 2.28. The van der Waals surface area contributed by atoms with E-state index in [0.29, 0.717) is 35.1 Å². The quantitative estimate of drug-likeness (QED) is 0.623. The average Bonchev–Trinajstić information content (AvgIpc) is 3.23. The third kappa shape index (κ3) is 5.65. The van der Waals surface area contributed by atoms with Gasteiger partial charge in [-0.25, -0.2) is 4.39 Å². The number of hydrogen-bond donors (Lipinski definition) is 2. The predicted molar refractivity (Wildman–Crippen MR) is 128 cm³/mol. The maximum absolute atomic E-state index is 14.0. The minimum Gasteiger partial charge on any atom is -0.368 e. The van der Waals surface area contributed by atoms with E-state index < -0.39 is 0 Å². The standard InChI is InChI=1S/C24H36FN7/c1-3-31-13-7-10-20(31)16-32(15-18-8-5-4-6-9-18)24-29-22(26)28-23(30-24)27-19-12-11-17(2)21(25)14-19/h11-12,14,18,20H,3-10,13,15-16H2,1-2H3,(H3,26,27,28,29,30). The van der Waals surface area contributed by atoms with Crippen LogP contribution in [0.4, 0.5) is 27.9 Å². The van der Waals surface area contributed by atoms with Gasteiger partial charge in [-0.05, 0) is 69.3 Å². The van der Waals surface area contributed by atoms with Crippen LogP contribution in [0.3, 0.4) is 0 Å². The average molecular weight is 442 g/mol. The van der Waals surface area contributed by atoms with Gasteiger partial charge >= 0.3 is 0 Å². The Morgan fingerprint density at radius 2 is 1.91 bits per heavy atom. The summed E-state index contributed by atoms with van der Waals surface area (Å²) in [6, 6.07) is 5.50. The van der Waals surface area contributed by atoms with Crippen molar-refractivity contribution in [3.05, 3.63) is 29.6 Å². The van der Waals surface area contributed by atoms with Crippen LogP contribution in [-0.4, -0.2) is 52.1 Å². The van der Waals surface area contributed by atoms with Gasteiger partial charge in [0.15, 0.2) is 0 Å². The van der Waals surface area contributed by atoms with Gasteiger partial charge in [0.25, 0.3) is 0 Å². The number of likely N-dealkylation sites (N-methyl/N-ethyl adjacent to an activating group) is 1. The first-order valence-corrected chi connectivity index (χ1v) is 12.1. The van der Waals surface area contributed by atoms with Crippen LogP contribution >= 0.6 is 0 Å². The number of anilines is 4. The van der Waals surface area contributed by atoms with Crippen molar-refractivity contribution in [3.8, 4) is 0 Å². The molecular formula is C24H36FN7. The Morgan fingerprint density at radius 1 is 1.09 bits per heavy atom. The first-order valence-electron chi connectivity index (χ1n) is 12.1. The Hall–Kier alpha value is -2.48. The van der Waals surface area contributed by atoms with E-state index in [-0.39, 0.29) is 11.8 Å². The highest BCUT2D eigenvalue weighted by atomic mass is 19.1. The molecule has 1 saturated carbocycles. The molecule has 32 heavy (non-hydrogen) atoms. The number of nitrogens with one attached hydrogen (secondary N) is 1. The molecule has 4 rings (SSSR count). The van der Waals surface area contributed by atoms with E-state index in [9.17, 15) is 4.39 Å². The molecule has 1 unspecified atom stereocenters. The molecule has 1 aromatic heterocycles. The van der Waals surface area contributed by atoms with Gasteiger partial charge in [-0.2, -0.15) is 15.0 Å². The summed E-state index contributed by atoms with van der Waals surface area (Å²) in [6.07, 6.45) is 8.88. The van der Waals surface area contributed by atoms with Crippen LogP contribution in [0, 0.1) is 18.7 Å². The normalized spacial score (nSPS) is 19.9. The lowest BCUT2D eigenvalue weighted by Crippen LogP contribution is -2.43. The maximum Gasteiger partial charge on any atom is 0.233 e. The van der Waals surface area contributed by atoms with E-state index in [1.807, 2.05) is 6.07 Å². The van der Waals surface area contributed by atoms with Crippen molar-refractivity contribution < 1.29 is 4.39 Å². The zero-order chi connectivity index (χ0) is 22.5. The van der Waals surface area contributed by atoms with Crippen molar-refractivity contribution in [2.45, 2.75) is 64.8 Å². The summed E-state index contributed by atoms with van der Waals surface area (Å²) in [5, 5.41) is 3.11. The van der Waals surface area contributed by atoms with Crippen molar-refractivity contribution in [3.63, 3.8) is 0 Å². The molecular weight excluding hydrogens is 405 g/mol. The topological polar surface area (TPSA) is 83.2 Å². The van der Waals surface area contributed by atoms with E-state index in [1.54, 1.807) is 13.0 Å². The monoisotopic (exact) mass is 441 g/mol. The fourth-order valence-corrected chi connectivity index (χ4v) is 5.07. The number of aromatic nitrogens is 3. The SMILES string of the molecule is CCN1CCCC1CN(CC1CCCCC1)c1nc(N)nc(Nc2ccc(C)c(F)c2)n1. The second-order valence-corrected chi connectivity index (χ2v) is 9.24. The molecule has 0 radical (unpaired) electrons. The fourth-order valence-electron chi connectivity index (χ4n) is 5.07. The number of likely N-dealkylation sites (tertiary alicyclic amines) is 1. The van der Waals surface area contributed by atoms with Crippen LogP contribution < -0.4 is 16.0 Å². The number of hydrogen-bond acceptors (Lipinski definition) is 7. The maximum atomic E-state index is 14.0. The van der Waals surface area contributed by atoms with Crippen molar-refractivity contribution in [1.29, 1.82) is 0 Å². The summed E-state index contributed by atoms with van der Waals surface area (Å²) in [7, 11) is 0. The van der Waals surface area contributed by atoms with Gasteiger partial charge in [0.1, 0.15) is 5.82 Å². The van der Waals surface area contributed by atoms with Gasteiger partial charge < -0.3 is 16.0 Å². The fraction of sp³-hybridized carbons (Fsp3) is 0.625. The molecule has 0 bridgehead atoms. The number of nitrogen functional groups attached to an aromatic ring is 1. The highest BCUT2D eigenvalue weighted by molar-refractivity contribution is 5.56. The van der Waals surface area contributed by atoms with Crippen molar-refractivity contribution >= 4 is 23.5 Å². The highest BCUT2D eigenvalue weighted by Gasteiger charge is 2.28. The first-order chi connectivity index (χ1) is 15.5. The Kier molecular flexibility index (Phi) is 7.40. The van der Waals surface area contributed by atoms with Crippen LogP contribution in [0.25, 0.3) is 0 Å². The summed E-state index contributed by atoms with van der Waals surface area (Å²) in [6.45, 7) is 8.02. The van der Waals surface area contributed by atoms with Crippen LogP contribution in [0.1, 0.15) is 57.4 Å². The number of nitrogens with zero attached hydrogens (tertiary/aromatic N) is 5. The van der Waals surface area contributed by atoms with Crippen molar-refractivity contribution in [1.82, 2.24) is 19.9 Å². The van der Waals surface area contributed by atoms with E-state index in [1.165, 1.54) is 51.0 Å². The number of aryl methyl sites for hydroxylation is 1. The molecule has 1 saturated heterocycles. The Bertz CT molecular complexity index is 900. The van der Waals surface area contributed by atoms with Gasteiger partial charge in [0, 0.05) is 24.8 Å². The molecule has 7 nitrogen and oxygen atoms in total. The molecule has 2 fully saturated rings. The molecule has 1 aliphatic heterocycles. The first kappa shape index (κ1) is 22.7. The van der Waals surface area contributed by atoms with E-state index in [0.717, 1.165) is 26.2 Å². The van der Waals surface area contributed by atoms with Gasteiger partial charge in [-0.1, -0.05) is 32.3 Å². The van der Waals surface area contributed by atoms with E-state index in [2.05, 4.69) is 32.0 Å². The third-order valence-corrected chi connectivity index (χ3v) is 6.89. The molecule has 1 aliphatic carbocycles. The van der Waals surface area contributed by atoms with Crippen molar-refractivity contribution in [2.75, 3.05) is 42.1 Å². The zero-order valence-electron chi connectivity index (χ0n) is 19.4. The second kappa shape index (κ2) is 10.4. The zero-order valence-corrected chi connectivity index (χ0v) is 19.4. The number of benzene rings is 1. The summed E-state index contributed by atoms with van der Waals surface area (Å²) >= 11 is 0. The molecule has 3 N–H and O–H groups in total. The van der Waals surface area contributed by atoms with Crippen LogP contribution in [-0.2, 0) is 0 Å². The van der Waals surface area contributed by atoms with Gasteiger partial charge in [-0.15, -0.1) is 0 Å². The Morgan fingerprint density at radius 3 is 2.66 bits per heavy atom. The van der Waals surface area contributed by atoms with E-state index >= 15 is 0 Å². The molecule has 2 aromatic rings. The summed E-state index contributed by atoms with van der Waals surface area (Å²) in [5.74, 6) is 1.53. The largest absolute Gasteiger partial charge is 0.368 e. The summed E-state index contributed by atoms with van der Waals surface area (Å²) < 4.78 is 14.0. The number of halogens is 1. The lowest BCUT2D eigenvalue weighted by molar-refractivity contribution is 0.262. The molecule has 1 aromatic carbocycles. The lowest BCUT2D eigenvalue weighted by Gasteiger charge is -2.34. The van der Waals surface area contributed by atoms with E-state index in [4.69, 9.17) is 10.7 Å². The molecule has 0 spiro atoms. The third-order valence-electron chi connectivity index (χ3n) is 6.89. The van der Waals surface area contributed by atoms with Crippen LogP contribution in [0.2, 0.25) is 0 Å². The molecule has 8 heteroatoms. The minimum atomic E-state index is -0.267. The van der Waals surface area contributed by atoms with Crippen LogP contribution in [0.5, 0.6) is 0 Å². The molecule has 2 aliphatic rings. The number of rotatable bonds is 8. The smallest absolute Gasteiger partial charge is 0.233 e. The number of nitrogens with two attached hydrogens (primary N) is 1. The van der Waals surface area contributed by atoms with Crippen molar-refractivity contribution in [2.24, 2.45) is 5.92 Å². The molecule has 1 atom stereocenters. The summed E-state index contributed by atoms with van der Waals surface area (Å²) in [5.41, 5.74) is 7.28. The van der Waals surface area contributed by atoms with Gasteiger partial charge in [0.05, 0.1) is 0 Å². The van der Waals surface area contributed by atoms with Gasteiger partial charge in [-0.3, -0.25) is 4.90 Å². The predicted octanol–water partition coefficient (Wildman–Crippen LogP) is 4.52. The molecule has 174 valence electrons. The second-order valence-electron chi connectivity index (χ2n) is 9.24. The minimum absolute atomic E-state index is 0.178. The lowest BCUT2D eigenvalue weighted by atomic mass is 9.89. The summed E-state index contributed by atoms with van der Waals surface area (Å²) in [4.78, 5) is 18.3. The van der Waals surface area contributed by atoms with Crippen LogP contribution in [0.15, 0.2) is 18.2 Å². The molecule has 0 amide bonds. The Balaban J connectivity index is 1.57. The Labute approximate surface area is 190 Å².